The molecule has 1 unspecified atom stereocenters. The van der Waals surface area contributed by atoms with E-state index in [2.05, 4.69) is 77.6 Å². The van der Waals surface area contributed by atoms with Gasteiger partial charge in [-0.3, -0.25) is 4.99 Å². The molecule has 0 saturated heterocycles. The van der Waals surface area contributed by atoms with E-state index in [1.165, 1.54) is 35.0 Å². The number of aromatic nitrogens is 1. The molecule has 0 radical (unpaired) electrons. The van der Waals surface area contributed by atoms with E-state index in [0.29, 0.717) is 6.04 Å². The second-order valence-corrected chi connectivity index (χ2v) is 7.27. The molecule has 0 fully saturated rings. The van der Waals surface area contributed by atoms with Gasteiger partial charge in [0.25, 0.3) is 0 Å². The first-order chi connectivity index (χ1) is 13.1. The number of halogens is 1. The van der Waals surface area contributed by atoms with Crippen LogP contribution in [0.25, 0.3) is 10.9 Å². The summed E-state index contributed by atoms with van der Waals surface area (Å²) in [5, 5.41) is 8.33. The molecular weight excluding hydrogens is 461 g/mol. The molecule has 158 valence electrons. The van der Waals surface area contributed by atoms with Crippen LogP contribution in [-0.4, -0.2) is 55.1 Å². The molecule has 1 atom stereocenters. The molecule has 28 heavy (non-hydrogen) atoms. The van der Waals surface area contributed by atoms with E-state index in [1.807, 2.05) is 7.05 Å². The molecule has 5 nitrogen and oxygen atoms in total. The van der Waals surface area contributed by atoms with Gasteiger partial charge in [0, 0.05) is 36.7 Å². The number of hydrogen-bond donors (Lipinski definition) is 3. The molecule has 6 heteroatoms. The second-order valence-electron chi connectivity index (χ2n) is 7.27. The predicted octanol–water partition coefficient (Wildman–Crippen LogP) is 4.31. The number of nitrogens with zero attached hydrogens (tertiary/aromatic N) is 2. The van der Waals surface area contributed by atoms with E-state index >= 15 is 0 Å². The van der Waals surface area contributed by atoms with Crippen LogP contribution in [0.15, 0.2) is 29.4 Å². The first-order valence-corrected chi connectivity index (χ1v) is 10.3. The summed E-state index contributed by atoms with van der Waals surface area (Å²) in [4.78, 5) is 10.2. The van der Waals surface area contributed by atoms with Gasteiger partial charge in [0.1, 0.15) is 0 Å². The first-order valence-electron chi connectivity index (χ1n) is 10.3. The minimum absolute atomic E-state index is 0. The summed E-state index contributed by atoms with van der Waals surface area (Å²) in [5.41, 5.74) is 3.90. The lowest BCUT2D eigenvalue weighted by atomic mass is 10.1. The van der Waals surface area contributed by atoms with Crippen LogP contribution in [0, 0.1) is 6.92 Å². The molecule has 0 aliphatic heterocycles. The van der Waals surface area contributed by atoms with E-state index in [0.717, 1.165) is 38.4 Å². The number of guanidine groups is 1. The largest absolute Gasteiger partial charge is 0.361 e. The van der Waals surface area contributed by atoms with E-state index in [-0.39, 0.29) is 24.0 Å². The molecule has 0 aliphatic carbocycles. The number of aliphatic imine (C=N–C) groups is 1. The third-order valence-corrected chi connectivity index (χ3v) is 5.30. The fourth-order valence-corrected chi connectivity index (χ4v) is 3.63. The highest BCUT2D eigenvalue weighted by Gasteiger charge is 2.08. The van der Waals surface area contributed by atoms with E-state index < -0.39 is 0 Å². The zero-order valence-corrected chi connectivity index (χ0v) is 20.5. The fraction of sp³-hybridized carbons (Fsp3) is 0.591. The molecule has 0 bridgehead atoms. The maximum absolute atomic E-state index is 4.38. The molecule has 0 amide bonds. The van der Waals surface area contributed by atoms with Crippen molar-refractivity contribution in [1.82, 2.24) is 20.5 Å². The number of aryl methyl sites for hydroxylation is 1. The third kappa shape index (κ3) is 7.28. The molecule has 1 aromatic carbocycles. The lowest BCUT2D eigenvalue weighted by Gasteiger charge is -2.21. The van der Waals surface area contributed by atoms with E-state index in [4.69, 9.17) is 0 Å². The fourth-order valence-electron chi connectivity index (χ4n) is 3.63. The second kappa shape index (κ2) is 13.0. The molecule has 2 aromatic rings. The average Bonchev–Trinajstić information content (AvgIpc) is 3.09. The van der Waals surface area contributed by atoms with Crippen molar-refractivity contribution >= 4 is 40.8 Å². The van der Waals surface area contributed by atoms with Gasteiger partial charge in [-0.1, -0.05) is 26.0 Å². The molecule has 1 heterocycles. The Labute approximate surface area is 187 Å². The molecule has 3 N–H and O–H groups in total. The van der Waals surface area contributed by atoms with Crippen LogP contribution in [-0.2, 0) is 6.42 Å². The van der Waals surface area contributed by atoms with E-state index in [1.54, 1.807) is 0 Å². The number of benzene rings is 1. The van der Waals surface area contributed by atoms with Gasteiger partial charge < -0.3 is 20.5 Å². The van der Waals surface area contributed by atoms with Gasteiger partial charge in [0.15, 0.2) is 5.96 Å². The van der Waals surface area contributed by atoms with Gasteiger partial charge in [0.05, 0.1) is 0 Å². The molecule has 1 aromatic heterocycles. The zero-order chi connectivity index (χ0) is 19.6. The van der Waals surface area contributed by atoms with Crippen molar-refractivity contribution in [2.45, 2.75) is 53.0 Å². The Balaban J connectivity index is 0.00000392. The van der Waals surface area contributed by atoms with Crippen LogP contribution in [0.3, 0.4) is 0 Å². The quantitative estimate of drug-likeness (QED) is 0.260. The SMILES string of the molecule is CCN(CC)CCCC(C)NC(=NC)NCCc1c[nH]c2cccc(C)c12.I. The number of nitrogens with one attached hydrogen (secondary N) is 3. The van der Waals surface area contributed by atoms with Crippen LogP contribution in [0.2, 0.25) is 0 Å². The Bertz CT molecular complexity index is 721. The van der Waals surface area contributed by atoms with Gasteiger partial charge in [-0.15, -0.1) is 24.0 Å². The summed E-state index contributed by atoms with van der Waals surface area (Å²) in [5.74, 6) is 0.891. The third-order valence-electron chi connectivity index (χ3n) is 5.30. The summed E-state index contributed by atoms with van der Waals surface area (Å²) >= 11 is 0. The summed E-state index contributed by atoms with van der Waals surface area (Å²) in [6.45, 7) is 13.2. The molecular formula is C22H38IN5. The number of rotatable bonds is 10. The maximum Gasteiger partial charge on any atom is 0.191 e. The van der Waals surface area contributed by atoms with E-state index in [9.17, 15) is 0 Å². The molecule has 0 spiro atoms. The van der Waals surface area contributed by atoms with Crippen molar-refractivity contribution in [1.29, 1.82) is 0 Å². The number of H-pyrrole nitrogens is 1. The Morgan fingerprint density at radius 2 is 2.00 bits per heavy atom. The lowest BCUT2D eigenvalue weighted by molar-refractivity contribution is 0.292. The highest BCUT2D eigenvalue weighted by molar-refractivity contribution is 14.0. The van der Waals surface area contributed by atoms with Crippen molar-refractivity contribution in [3.8, 4) is 0 Å². The zero-order valence-electron chi connectivity index (χ0n) is 18.1. The van der Waals surface area contributed by atoms with Crippen molar-refractivity contribution in [3.63, 3.8) is 0 Å². The highest BCUT2D eigenvalue weighted by atomic mass is 127. The standard InChI is InChI=1S/C22H37N5.HI/c1-6-27(7-2)15-9-11-18(4)26-22(23-5)24-14-13-19-16-25-20-12-8-10-17(3)21(19)20;/h8,10,12,16,18,25H,6-7,9,11,13-15H2,1-5H3,(H2,23,24,26);1H. The number of hydrogen-bond acceptors (Lipinski definition) is 2. The van der Waals surface area contributed by atoms with Crippen LogP contribution in [0.1, 0.15) is 44.7 Å². The van der Waals surface area contributed by atoms with Crippen LogP contribution in [0.4, 0.5) is 0 Å². The normalized spacial score (nSPS) is 12.9. The van der Waals surface area contributed by atoms with Crippen LogP contribution < -0.4 is 10.6 Å². The Kier molecular flexibility index (Phi) is 11.5. The summed E-state index contributed by atoms with van der Waals surface area (Å²) in [7, 11) is 1.84. The van der Waals surface area contributed by atoms with Gasteiger partial charge >= 0.3 is 0 Å². The van der Waals surface area contributed by atoms with Crippen molar-refractivity contribution in [3.05, 3.63) is 35.5 Å². The van der Waals surface area contributed by atoms with Crippen molar-refractivity contribution < 1.29 is 0 Å². The summed E-state index contributed by atoms with van der Waals surface area (Å²) < 4.78 is 0. The van der Waals surface area contributed by atoms with Crippen LogP contribution in [0.5, 0.6) is 0 Å². The Morgan fingerprint density at radius 3 is 2.68 bits per heavy atom. The van der Waals surface area contributed by atoms with Gasteiger partial charge in [0.2, 0.25) is 0 Å². The maximum atomic E-state index is 4.38. The van der Waals surface area contributed by atoms with Gasteiger partial charge in [-0.25, -0.2) is 0 Å². The minimum atomic E-state index is 0. The minimum Gasteiger partial charge on any atom is -0.361 e. The van der Waals surface area contributed by atoms with Gasteiger partial charge in [-0.2, -0.15) is 0 Å². The Morgan fingerprint density at radius 1 is 1.25 bits per heavy atom. The van der Waals surface area contributed by atoms with Crippen molar-refractivity contribution in [2.24, 2.45) is 4.99 Å². The predicted molar refractivity (Wildman–Crippen MR) is 133 cm³/mol. The smallest absolute Gasteiger partial charge is 0.191 e. The highest BCUT2D eigenvalue weighted by Crippen LogP contribution is 2.22. The monoisotopic (exact) mass is 499 g/mol. The summed E-state index contributed by atoms with van der Waals surface area (Å²) in [6.07, 6.45) is 5.47. The van der Waals surface area contributed by atoms with Gasteiger partial charge in [-0.05, 0) is 69.9 Å². The number of aromatic amines is 1. The molecule has 2 rings (SSSR count). The lowest BCUT2D eigenvalue weighted by Crippen LogP contribution is -2.43. The molecule has 0 saturated carbocycles. The van der Waals surface area contributed by atoms with Crippen molar-refractivity contribution in [2.75, 3.05) is 33.2 Å². The Hall–Kier alpha value is -1.28. The topological polar surface area (TPSA) is 55.4 Å². The average molecular weight is 499 g/mol. The van der Waals surface area contributed by atoms with Crippen LogP contribution >= 0.6 is 24.0 Å². The summed E-state index contributed by atoms with van der Waals surface area (Å²) in [6, 6.07) is 6.83. The molecule has 0 aliphatic rings. The first kappa shape index (κ1) is 24.8. The number of fused-ring (bicyclic) bond motifs is 1.